The lowest BCUT2D eigenvalue weighted by molar-refractivity contribution is 0.0817. The van der Waals surface area contributed by atoms with Crippen molar-refractivity contribution in [1.82, 2.24) is 9.55 Å². The molecule has 1 aromatic heterocycles. The Kier molecular flexibility index (Phi) is 6.96. The molecule has 0 amide bonds. The number of imidazole rings is 1. The van der Waals surface area contributed by atoms with Crippen molar-refractivity contribution in [3.8, 4) is 0 Å². The number of hydrogen-bond donors (Lipinski definition) is 0. The van der Waals surface area contributed by atoms with Crippen LogP contribution in [0.2, 0.25) is 0 Å². The van der Waals surface area contributed by atoms with Gasteiger partial charge in [0.2, 0.25) is 0 Å². The predicted molar refractivity (Wildman–Crippen MR) is 166 cm³/mol. The van der Waals surface area contributed by atoms with Crippen molar-refractivity contribution in [2.75, 3.05) is 6.61 Å². The molecule has 1 aliphatic rings. The van der Waals surface area contributed by atoms with Crippen molar-refractivity contribution in [1.29, 1.82) is 0 Å². The first-order valence-electron chi connectivity index (χ1n) is 14.6. The average molecular weight is 535 g/mol. The maximum Gasteiger partial charge on any atom is 0.121 e. The number of rotatable bonds is 8. The molecule has 6 aromatic rings. The molecule has 0 radical (unpaired) electrons. The molecular weight excluding hydrogens is 500 g/mol. The maximum absolute atomic E-state index is 6.27. The monoisotopic (exact) mass is 534 g/mol. The first kappa shape index (κ1) is 25.5. The van der Waals surface area contributed by atoms with Crippen molar-refractivity contribution in [3.63, 3.8) is 0 Å². The highest BCUT2D eigenvalue weighted by molar-refractivity contribution is 5.82. The second-order valence-electron chi connectivity index (χ2n) is 11.1. The van der Waals surface area contributed by atoms with E-state index in [1.54, 1.807) is 0 Å². The topological polar surface area (TPSA) is 27.1 Å². The fourth-order valence-corrected chi connectivity index (χ4v) is 6.62. The third-order valence-corrected chi connectivity index (χ3v) is 8.60. The van der Waals surface area contributed by atoms with Gasteiger partial charge in [0.25, 0.3) is 0 Å². The lowest BCUT2D eigenvalue weighted by Crippen LogP contribution is -2.39. The molecule has 7 rings (SSSR count). The van der Waals surface area contributed by atoms with E-state index in [0.717, 1.165) is 25.9 Å². The molecule has 41 heavy (non-hydrogen) atoms. The van der Waals surface area contributed by atoms with Crippen LogP contribution in [0.3, 0.4) is 0 Å². The van der Waals surface area contributed by atoms with Crippen LogP contribution in [0.4, 0.5) is 0 Å². The highest BCUT2D eigenvalue weighted by Gasteiger charge is 2.41. The third kappa shape index (κ3) is 4.77. The Morgan fingerprint density at radius 3 is 1.90 bits per heavy atom. The first-order valence-corrected chi connectivity index (χ1v) is 14.6. The summed E-state index contributed by atoms with van der Waals surface area (Å²) in [6, 6.07) is 47.7. The normalized spacial score (nSPS) is 15.1. The Morgan fingerprint density at radius 2 is 1.27 bits per heavy atom. The van der Waals surface area contributed by atoms with Crippen molar-refractivity contribution in [2.24, 2.45) is 5.92 Å². The molecule has 1 aliphatic carbocycles. The third-order valence-electron chi connectivity index (χ3n) is 8.60. The zero-order chi connectivity index (χ0) is 27.5. The average Bonchev–Trinajstić information content (AvgIpc) is 3.46. The van der Waals surface area contributed by atoms with Gasteiger partial charge in [0.05, 0.1) is 25.2 Å². The van der Waals surface area contributed by atoms with Gasteiger partial charge in [-0.2, -0.15) is 0 Å². The van der Waals surface area contributed by atoms with Gasteiger partial charge in [0.1, 0.15) is 5.54 Å². The van der Waals surface area contributed by atoms with E-state index in [9.17, 15) is 0 Å². The molecule has 202 valence electrons. The molecular formula is C38H34N2O. The summed E-state index contributed by atoms with van der Waals surface area (Å²) in [5.74, 6) is 0.464. The van der Waals surface area contributed by atoms with Crippen LogP contribution in [0.15, 0.2) is 140 Å². The van der Waals surface area contributed by atoms with Crippen molar-refractivity contribution in [2.45, 2.75) is 31.4 Å². The molecule has 1 unspecified atom stereocenters. The highest BCUT2D eigenvalue weighted by atomic mass is 16.5. The Balaban J connectivity index is 1.19. The molecule has 5 aromatic carbocycles. The van der Waals surface area contributed by atoms with Gasteiger partial charge in [-0.05, 0) is 64.3 Å². The van der Waals surface area contributed by atoms with E-state index in [1.807, 2.05) is 0 Å². The molecule has 0 saturated carbocycles. The smallest absolute Gasteiger partial charge is 0.121 e. The van der Waals surface area contributed by atoms with Gasteiger partial charge in [-0.15, -0.1) is 0 Å². The number of aromatic nitrogens is 2. The van der Waals surface area contributed by atoms with Crippen LogP contribution in [-0.2, 0) is 29.7 Å². The molecule has 0 bridgehead atoms. The Morgan fingerprint density at radius 1 is 0.683 bits per heavy atom. The zero-order valence-corrected chi connectivity index (χ0v) is 23.2. The van der Waals surface area contributed by atoms with E-state index < -0.39 is 5.54 Å². The SMILES string of the molecule is c1ccc(C(c2ccccc2)(c2ccccc2)n2cnc3c2CCC(COCc2ccc4ccccc4c2)C3)cc1. The van der Waals surface area contributed by atoms with E-state index in [1.165, 1.54) is 44.4 Å². The molecule has 0 spiro atoms. The number of nitrogens with zero attached hydrogens (tertiary/aromatic N) is 2. The van der Waals surface area contributed by atoms with Crippen LogP contribution < -0.4 is 0 Å². The Labute approximate surface area is 242 Å². The van der Waals surface area contributed by atoms with Gasteiger partial charge in [0.15, 0.2) is 0 Å². The van der Waals surface area contributed by atoms with E-state index in [4.69, 9.17) is 9.72 Å². The van der Waals surface area contributed by atoms with Crippen LogP contribution in [0.5, 0.6) is 0 Å². The van der Waals surface area contributed by atoms with Crippen LogP contribution >= 0.6 is 0 Å². The predicted octanol–water partition coefficient (Wildman–Crippen LogP) is 8.20. The first-order chi connectivity index (χ1) is 20.3. The molecule has 1 atom stereocenters. The van der Waals surface area contributed by atoms with Gasteiger partial charge in [-0.1, -0.05) is 127 Å². The number of fused-ring (bicyclic) bond motifs is 2. The van der Waals surface area contributed by atoms with Crippen molar-refractivity contribution >= 4 is 10.8 Å². The lowest BCUT2D eigenvalue weighted by atomic mass is 9.76. The second kappa shape index (κ2) is 11.2. The van der Waals surface area contributed by atoms with Gasteiger partial charge in [-0.25, -0.2) is 4.98 Å². The second-order valence-corrected chi connectivity index (χ2v) is 11.1. The van der Waals surface area contributed by atoms with Crippen LogP contribution in [0.25, 0.3) is 10.8 Å². The molecule has 0 fully saturated rings. The molecule has 0 saturated heterocycles. The molecule has 3 heteroatoms. The van der Waals surface area contributed by atoms with Gasteiger partial charge in [0, 0.05) is 5.69 Å². The summed E-state index contributed by atoms with van der Waals surface area (Å²) in [5, 5.41) is 2.53. The summed E-state index contributed by atoms with van der Waals surface area (Å²) in [6.45, 7) is 1.39. The minimum Gasteiger partial charge on any atom is -0.376 e. The fourth-order valence-electron chi connectivity index (χ4n) is 6.62. The number of ether oxygens (including phenoxy) is 1. The van der Waals surface area contributed by atoms with Crippen LogP contribution in [-0.4, -0.2) is 16.2 Å². The Bertz CT molecular complexity index is 1640. The maximum atomic E-state index is 6.27. The standard InChI is InChI=1S/C38H34N2O/c1-4-14-33(15-5-1)38(34-16-6-2-7-17-34,35-18-8-3-9-19-35)40-28-39-36-25-30(21-23-37(36)40)27-41-26-29-20-22-31-12-10-11-13-32(31)24-29/h1-20,22,24,28,30H,21,23,25-27H2. The van der Waals surface area contributed by atoms with E-state index >= 15 is 0 Å². The molecule has 0 N–H and O–H groups in total. The number of benzene rings is 5. The van der Waals surface area contributed by atoms with Gasteiger partial charge >= 0.3 is 0 Å². The summed E-state index contributed by atoms with van der Waals surface area (Å²) in [6.07, 6.45) is 5.09. The quantitative estimate of drug-likeness (QED) is 0.184. The summed E-state index contributed by atoms with van der Waals surface area (Å²) >= 11 is 0. The largest absolute Gasteiger partial charge is 0.376 e. The number of hydrogen-bond acceptors (Lipinski definition) is 2. The summed E-state index contributed by atoms with van der Waals surface area (Å²) in [5.41, 5.74) is 6.94. The Hall–Kier alpha value is -4.47. The molecule has 1 heterocycles. The van der Waals surface area contributed by atoms with E-state index in [2.05, 4.69) is 144 Å². The van der Waals surface area contributed by atoms with Crippen molar-refractivity contribution < 1.29 is 4.74 Å². The highest BCUT2D eigenvalue weighted by Crippen LogP contribution is 2.43. The van der Waals surface area contributed by atoms with Gasteiger partial charge < -0.3 is 9.30 Å². The zero-order valence-electron chi connectivity index (χ0n) is 23.2. The van der Waals surface area contributed by atoms with E-state index in [-0.39, 0.29) is 0 Å². The minimum absolute atomic E-state index is 0.464. The van der Waals surface area contributed by atoms with Crippen LogP contribution in [0.1, 0.15) is 40.1 Å². The van der Waals surface area contributed by atoms with Crippen LogP contribution in [0, 0.1) is 5.92 Å². The summed E-state index contributed by atoms with van der Waals surface area (Å²) in [7, 11) is 0. The minimum atomic E-state index is -0.510. The lowest BCUT2D eigenvalue weighted by Gasteiger charge is -2.39. The molecule has 3 nitrogen and oxygen atoms in total. The fraction of sp³-hybridized carbons (Fsp3) is 0.184. The van der Waals surface area contributed by atoms with Crippen molar-refractivity contribution in [3.05, 3.63) is 173 Å². The van der Waals surface area contributed by atoms with Gasteiger partial charge in [-0.3, -0.25) is 0 Å². The summed E-state index contributed by atoms with van der Waals surface area (Å²) in [4.78, 5) is 5.06. The molecule has 0 aliphatic heterocycles. The summed E-state index contributed by atoms with van der Waals surface area (Å²) < 4.78 is 8.72. The van der Waals surface area contributed by atoms with E-state index in [0.29, 0.717) is 12.5 Å².